The number of halogens is 3. The molecule has 1 aliphatic carbocycles. The van der Waals surface area contributed by atoms with Gasteiger partial charge in [0.05, 0.1) is 0 Å². The smallest absolute Gasteiger partial charge is 0.270 e. The van der Waals surface area contributed by atoms with Gasteiger partial charge in [-0.05, 0) is 110 Å². The molecular weight excluding hydrogens is 638 g/mol. The molecule has 2 N–H and O–H groups in total. The van der Waals surface area contributed by atoms with Crippen LogP contribution in [0.5, 0.6) is 0 Å². The fraction of sp³-hybridized carbons (Fsp3) is 0.478. The van der Waals surface area contributed by atoms with Gasteiger partial charge in [0, 0.05) is 58.1 Å². The van der Waals surface area contributed by atoms with E-state index in [1.165, 1.54) is 12.1 Å². The molecule has 0 aliphatic heterocycles. The molecule has 5 heteroatoms. The Kier molecular flexibility index (Phi) is 14.1. The first kappa shape index (κ1) is 41.7. The van der Waals surface area contributed by atoms with Crippen LogP contribution in [0.3, 0.4) is 0 Å². The third-order valence-corrected chi connectivity index (χ3v) is 11.3. The van der Waals surface area contributed by atoms with Gasteiger partial charge in [-0.1, -0.05) is 105 Å². The maximum Gasteiger partial charge on any atom is 0.270 e. The number of hydrogen-bond acceptors (Lipinski definition) is 2. The van der Waals surface area contributed by atoms with Crippen molar-refractivity contribution in [3.63, 3.8) is 0 Å². The molecule has 0 spiro atoms. The third-order valence-electron chi connectivity index (χ3n) is 11.3. The van der Waals surface area contributed by atoms with Crippen molar-refractivity contribution in [2.75, 3.05) is 11.9 Å². The average Bonchev–Trinajstić information content (AvgIpc) is 3.05. The molecule has 3 rings (SSSR count). The molecule has 0 bridgehead atoms. The topological polar surface area (TPSA) is 24.1 Å². The van der Waals surface area contributed by atoms with E-state index >= 15 is 4.39 Å². The van der Waals surface area contributed by atoms with Crippen molar-refractivity contribution in [2.24, 2.45) is 16.7 Å². The molecule has 0 aromatic heterocycles. The van der Waals surface area contributed by atoms with Crippen molar-refractivity contribution in [3.8, 4) is 0 Å². The number of hydrogen-bond donors (Lipinski definition) is 2. The van der Waals surface area contributed by atoms with Crippen LogP contribution in [0.2, 0.25) is 0 Å². The van der Waals surface area contributed by atoms with Gasteiger partial charge in [-0.15, -0.1) is 0 Å². The highest BCUT2D eigenvalue weighted by atomic mass is 19.3. The van der Waals surface area contributed by atoms with Crippen LogP contribution in [0.1, 0.15) is 122 Å². The largest absolute Gasteiger partial charge is 0.388 e. The summed E-state index contributed by atoms with van der Waals surface area (Å²) in [6.07, 6.45) is 10.9. The summed E-state index contributed by atoms with van der Waals surface area (Å²) >= 11 is 0. The van der Waals surface area contributed by atoms with Gasteiger partial charge < -0.3 is 10.6 Å². The Labute approximate surface area is 307 Å². The molecule has 1 aliphatic rings. The molecule has 0 unspecified atom stereocenters. The molecule has 1 fully saturated rings. The Morgan fingerprint density at radius 3 is 2.16 bits per heavy atom. The number of nitrogens with one attached hydrogen (secondary N) is 2. The van der Waals surface area contributed by atoms with Crippen LogP contribution in [0, 0.1) is 29.5 Å². The van der Waals surface area contributed by atoms with Gasteiger partial charge in [0.15, 0.2) is 0 Å². The molecular formula is C46H63F3N2. The normalized spacial score (nSPS) is 15.2. The van der Waals surface area contributed by atoms with Crippen molar-refractivity contribution in [2.45, 2.75) is 120 Å². The van der Waals surface area contributed by atoms with Crippen molar-refractivity contribution in [1.82, 2.24) is 5.32 Å². The maximum absolute atomic E-state index is 16.0. The van der Waals surface area contributed by atoms with Gasteiger partial charge >= 0.3 is 0 Å². The number of benzene rings is 2. The second-order valence-corrected chi connectivity index (χ2v) is 15.4. The minimum atomic E-state index is -3.04. The van der Waals surface area contributed by atoms with Gasteiger partial charge in [0.1, 0.15) is 5.82 Å². The number of aryl methyl sites for hydroxylation is 1. The number of unbranched alkanes of at least 4 members (excludes halogenated alkanes) is 1. The van der Waals surface area contributed by atoms with Crippen LogP contribution in [0.4, 0.5) is 18.9 Å². The van der Waals surface area contributed by atoms with Gasteiger partial charge in [0.2, 0.25) is 0 Å². The molecule has 278 valence electrons. The highest BCUT2D eigenvalue weighted by molar-refractivity contribution is 5.83. The zero-order chi connectivity index (χ0) is 38.3. The Bertz CT molecular complexity index is 1670. The van der Waals surface area contributed by atoms with Crippen molar-refractivity contribution < 1.29 is 13.2 Å². The molecule has 2 aromatic carbocycles. The number of rotatable bonds is 19. The summed E-state index contributed by atoms with van der Waals surface area (Å²) in [6, 6.07) is 8.72. The Hall–Kier alpha value is -3.73. The fourth-order valence-corrected chi connectivity index (χ4v) is 7.03. The molecule has 0 atom stereocenters. The lowest BCUT2D eigenvalue weighted by Gasteiger charge is -2.45. The van der Waals surface area contributed by atoms with Crippen LogP contribution >= 0.6 is 0 Å². The summed E-state index contributed by atoms with van der Waals surface area (Å²) in [5.74, 6) is -2.83. The van der Waals surface area contributed by atoms with Crippen molar-refractivity contribution in [3.05, 3.63) is 131 Å². The molecule has 51 heavy (non-hydrogen) atoms. The SMILES string of the molecule is C=C/C(=C(/C(=C)CC)C(=C)Nc1ccc(C(C)(F)F)cc1C(=C)/C=C(\NCC)C(C)(C)C(C)C)C1(Cc2ccc(CCCC)c(C)c2F)CCC1. The van der Waals surface area contributed by atoms with Gasteiger partial charge in [-0.3, -0.25) is 0 Å². The minimum absolute atomic E-state index is 0.0942. The number of allylic oxidation sites excluding steroid dienone is 6. The fourth-order valence-electron chi connectivity index (χ4n) is 7.03. The molecule has 2 nitrogen and oxygen atoms in total. The first-order valence-corrected chi connectivity index (χ1v) is 18.8. The Morgan fingerprint density at radius 2 is 1.65 bits per heavy atom. The van der Waals surface area contributed by atoms with E-state index in [1.54, 1.807) is 6.07 Å². The van der Waals surface area contributed by atoms with E-state index < -0.39 is 5.92 Å². The van der Waals surface area contributed by atoms with Crippen molar-refractivity contribution >= 4 is 11.3 Å². The summed E-state index contributed by atoms with van der Waals surface area (Å²) in [5.41, 5.74) is 7.99. The van der Waals surface area contributed by atoms with Gasteiger partial charge in [-0.2, -0.15) is 0 Å². The summed E-state index contributed by atoms with van der Waals surface area (Å²) in [5, 5.41) is 7.01. The molecule has 0 heterocycles. The minimum Gasteiger partial charge on any atom is -0.388 e. The highest BCUT2D eigenvalue weighted by Crippen LogP contribution is 2.53. The zero-order valence-electron chi connectivity index (χ0n) is 32.9. The van der Waals surface area contributed by atoms with E-state index in [-0.39, 0.29) is 22.2 Å². The molecule has 0 saturated heterocycles. The lowest BCUT2D eigenvalue weighted by Crippen LogP contribution is -2.35. The van der Waals surface area contributed by atoms with Crippen LogP contribution in [0.15, 0.2) is 96.9 Å². The van der Waals surface area contributed by atoms with Crippen LogP contribution < -0.4 is 10.6 Å². The summed E-state index contributed by atoms with van der Waals surface area (Å²) in [4.78, 5) is 0. The second kappa shape index (κ2) is 17.2. The zero-order valence-corrected chi connectivity index (χ0v) is 32.9. The average molecular weight is 701 g/mol. The van der Waals surface area contributed by atoms with Gasteiger partial charge in [-0.25, -0.2) is 13.2 Å². The first-order chi connectivity index (χ1) is 23.9. The highest BCUT2D eigenvalue weighted by Gasteiger charge is 2.42. The van der Waals surface area contributed by atoms with Crippen LogP contribution in [0.25, 0.3) is 5.57 Å². The number of anilines is 1. The van der Waals surface area contributed by atoms with Gasteiger partial charge in [0.25, 0.3) is 5.92 Å². The van der Waals surface area contributed by atoms with E-state index in [0.29, 0.717) is 46.8 Å². The first-order valence-electron chi connectivity index (χ1n) is 18.8. The maximum atomic E-state index is 16.0. The Balaban J connectivity index is 2.16. The summed E-state index contributed by atoms with van der Waals surface area (Å²) < 4.78 is 45.4. The quantitative estimate of drug-likeness (QED) is 0.143. The Morgan fingerprint density at radius 1 is 1.00 bits per heavy atom. The predicted molar refractivity (Wildman–Crippen MR) is 215 cm³/mol. The third kappa shape index (κ3) is 9.39. The lowest BCUT2D eigenvalue weighted by molar-refractivity contribution is 0.0174. The molecule has 0 radical (unpaired) electrons. The van der Waals surface area contributed by atoms with Crippen molar-refractivity contribution in [1.29, 1.82) is 0 Å². The van der Waals surface area contributed by atoms with E-state index in [1.807, 2.05) is 32.1 Å². The van der Waals surface area contributed by atoms with Crippen LogP contribution in [-0.4, -0.2) is 6.54 Å². The monoisotopic (exact) mass is 700 g/mol. The summed E-state index contributed by atoms with van der Waals surface area (Å²) in [7, 11) is 0. The molecule has 2 aromatic rings. The standard InChI is InChI=1S/C46H63F3N2/c1-14-18-20-35-21-22-36(43(47)33(35)9)29-46(25-19-26-46)39(16-3)42(31(7)15-2)34(10)51-40-24-23-37(45(13,48)49)28-38(40)32(8)27-41(50-17-4)44(11,12)30(5)6/h16,21-24,27-28,30,50-51H,3,7-8,10,14-15,17-20,25-26,29H2,1-2,4-6,9,11-13H3/b41-27-,42-39+. The second-order valence-electron chi connectivity index (χ2n) is 15.4. The molecule has 1 saturated carbocycles. The van der Waals surface area contributed by atoms with Crippen LogP contribution in [-0.2, 0) is 18.8 Å². The summed E-state index contributed by atoms with van der Waals surface area (Å²) in [6.45, 7) is 36.1. The molecule has 0 amide bonds. The lowest BCUT2D eigenvalue weighted by atomic mass is 9.59. The van der Waals surface area contributed by atoms with E-state index in [4.69, 9.17) is 0 Å². The van der Waals surface area contributed by atoms with E-state index in [2.05, 4.69) is 84.6 Å². The number of alkyl halides is 2. The van der Waals surface area contributed by atoms with E-state index in [0.717, 1.165) is 85.5 Å². The van der Waals surface area contributed by atoms with E-state index in [9.17, 15) is 8.78 Å². The predicted octanol–water partition coefficient (Wildman–Crippen LogP) is 13.6.